The smallest absolute Gasteiger partial charge is 0.251 e. The Morgan fingerprint density at radius 3 is 2.48 bits per heavy atom. The number of carbonyl (C=O) groups is 2. The van der Waals surface area contributed by atoms with Crippen LogP contribution in [0, 0.1) is 0 Å². The Hall–Kier alpha value is -4.12. The van der Waals surface area contributed by atoms with Crippen LogP contribution in [0.4, 0.5) is 5.69 Å². The molecule has 0 aromatic heterocycles. The zero-order valence-corrected chi connectivity index (χ0v) is 18.7. The zero-order chi connectivity index (χ0) is 23.2. The predicted octanol–water partition coefficient (Wildman–Crippen LogP) is 5.52. The number of rotatable bonds is 7. The summed E-state index contributed by atoms with van der Waals surface area (Å²) in [7, 11) is 1.57. The molecule has 1 unspecified atom stereocenters. The Kier molecular flexibility index (Phi) is 6.69. The topological polar surface area (TPSA) is 67.4 Å². The molecule has 166 valence electrons. The first-order valence-corrected chi connectivity index (χ1v) is 10.8. The van der Waals surface area contributed by atoms with Gasteiger partial charge >= 0.3 is 0 Å². The van der Waals surface area contributed by atoms with Crippen molar-refractivity contribution in [1.82, 2.24) is 5.32 Å². The molecule has 0 saturated heterocycles. The summed E-state index contributed by atoms with van der Waals surface area (Å²) in [6, 6.07) is 28.6. The third-order valence-corrected chi connectivity index (χ3v) is 5.66. The minimum atomic E-state index is -0.312. The highest BCUT2D eigenvalue weighted by Gasteiger charge is 2.18. The molecular weight excluding hydrogens is 412 g/mol. The lowest BCUT2D eigenvalue weighted by Gasteiger charge is -2.15. The Labute approximate surface area is 193 Å². The van der Waals surface area contributed by atoms with Gasteiger partial charge in [-0.25, -0.2) is 0 Å². The summed E-state index contributed by atoms with van der Waals surface area (Å²) in [4.78, 5) is 25.5. The van der Waals surface area contributed by atoms with E-state index in [0.29, 0.717) is 23.5 Å². The van der Waals surface area contributed by atoms with E-state index in [2.05, 4.69) is 10.6 Å². The molecule has 0 bridgehead atoms. The van der Waals surface area contributed by atoms with Crippen LogP contribution in [0.3, 0.4) is 0 Å². The van der Waals surface area contributed by atoms with E-state index in [0.717, 1.165) is 21.9 Å². The number of benzene rings is 4. The van der Waals surface area contributed by atoms with Crippen LogP contribution in [-0.2, 0) is 11.3 Å². The van der Waals surface area contributed by atoms with Gasteiger partial charge in [0.2, 0.25) is 5.91 Å². The van der Waals surface area contributed by atoms with E-state index in [4.69, 9.17) is 4.74 Å². The van der Waals surface area contributed by atoms with Crippen molar-refractivity contribution in [2.75, 3.05) is 12.4 Å². The van der Waals surface area contributed by atoms with Crippen LogP contribution < -0.4 is 15.4 Å². The molecule has 0 aliphatic rings. The SMILES string of the molecule is COc1cccc(C(=O)NCc2cccc(NC(=O)C(C)c3cccc4ccccc34)c2)c1. The van der Waals surface area contributed by atoms with Crippen molar-refractivity contribution in [3.8, 4) is 5.75 Å². The van der Waals surface area contributed by atoms with Crippen molar-refractivity contribution < 1.29 is 14.3 Å². The molecule has 2 N–H and O–H groups in total. The highest BCUT2D eigenvalue weighted by molar-refractivity contribution is 5.99. The van der Waals surface area contributed by atoms with Crippen molar-refractivity contribution in [3.05, 3.63) is 108 Å². The standard InChI is InChI=1S/C28H26N2O3/c1-19(25-15-7-10-21-9-3-4-14-26(21)25)27(31)30-23-12-5-8-20(16-23)18-29-28(32)22-11-6-13-24(17-22)33-2/h3-17,19H,18H2,1-2H3,(H,29,32)(H,30,31). The third-order valence-electron chi connectivity index (χ3n) is 5.66. The molecule has 0 saturated carbocycles. The second-order valence-corrected chi connectivity index (χ2v) is 7.89. The van der Waals surface area contributed by atoms with Crippen LogP contribution in [0.25, 0.3) is 10.8 Å². The van der Waals surface area contributed by atoms with Crippen molar-refractivity contribution in [2.45, 2.75) is 19.4 Å². The molecule has 5 heteroatoms. The van der Waals surface area contributed by atoms with E-state index in [-0.39, 0.29) is 17.7 Å². The highest BCUT2D eigenvalue weighted by Crippen LogP contribution is 2.26. The molecule has 0 spiro atoms. The number of hydrogen-bond acceptors (Lipinski definition) is 3. The zero-order valence-electron chi connectivity index (χ0n) is 18.7. The Morgan fingerprint density at radius 2 is 1.64 bits per heavy atom. The maximum absolute atomic E-state index is 13.0. The van der Waals surface area contributed by atoms with E-state index in [1.807, 2.05) is 73.7 Å². The number of nitrogens with one attached hydrogen (secondary N) is 2. The quantitative estimate of drug-likeness (QED) is 0.399. The largest absolute Gasteiger partial charge is 0.497 e. The maximum atomic E-state index is 13.0. The number of carbonyl (C=O) groups excluding carboxylic acids is 2. The van der Waals surface area contributed by atoms with Crippen molar-refractivity contribution in [2.24, 2.45) is 0 Å². The first kappa shape index (κ1) is 22.1. The fourth-order valence-electron chi connectivity index (χ4n) is 3.83. The van der Waals surface area contributed by atoms with Gasteiger partial charge in [-0.2, -0.15) is 0 Å². The molecule has 33 heavy (non-hydrogen) atoms. The first-order valence-electron chi connectivity index (χ1n) is 10.8. The fourth-order valence-corrected chi connectivity index (χ4v) is 3.83. The fraction of sp³-hybridized carbons (Fsp3) is 0.143. The van der Waals surface area contributed by atoms with E-state index in [1.165, 1.54) is 0 Å². The van der Waals surface area contributed by atoms with Crippen LogP contribution in [0.2, 0.25) is 0 Å². The summed E-state index contributed by atoms with van der Waals surface area (Å²) in [6.45, 7) is 2.26. The van der Waals surface area contributed by atoms with Gasteiger partial charge in [-0.15, -0.1) is 0 Å². The summed E-state index contributed by atoms with van der Waals surface area (Å²) in [5.74, 6) is 0.0528. The van der Waals surface area contributed by atoms with Gasteiger partial charge in [-0.05, 0) is 59.2 Å². The average Bonchev–Trinajstić information content (AvgIpc) is 2.86. The Balaban J connectivity index is 1.42. The van der Waals surface area contributed by atoms with Gasteiger partial charge in [0.1, 0.15) is 5.75 Å². The number of anilines is 1. The van der Waals surface area contributed by atoms with E-state index in [1.54, 1.807) is 31.4 Å². The molecule has 0 fully saturated rings. The molecule has 0 radical (unpaired) electrons. The van der Waals surface area contributed by atoms with E-state index < -0.39 is 0 Å². The molecule has 0 aliphatic carbocycles. The van der Waals surface area contributed by atoms with Gasteiger partial charge in [0.05, 0.1) is 13.0 Å². The van der Waals surface area contributed by atoms with Crippen LogP contribution in [0.15, 0.2) is 91.0 Å². The number of amides is 2. The number of fused-ring (bicyclic) bond motifs is 1. The lowest BCUT2D eigenvalue weighted by Crippen LogP contribution is -2.23. The molecule has 4 rings (SSSR count). The minimum Gasteiger partial charge on any atom is -0.497 e. The van der Waals surface area contributed by atoms with Gasteiger partial charge in [0.25, 0.3) is 5.91 Å². The monoisotopic (exact) mass is 438 g/mol. The predicted molar refractivity (Wildman–Crippen MR) is 132 cm³/mol. The Bertz CT molecular complexity index is 1290. The second-order valence-electron chi connectivity index (χ2n) is 7.89. The normalized spacial score (nSPS) is 11.6. The van der Waals surface area contributed by atoms with Crippen molar-refractivity contribution >= 4 is 28.3 Å². The van der Waals surface area contributed by atoms with Crippen LogP contribution in [-0.4, -0.2) is 18.9 Å². The summed E-state index contributed by atoms with van der Waals surface area (Å²) in [5, 5.41) is 8.11. The lowest BCUT2D eigenvalue weighted by molar-refractivity contribution is -0.117. The summed E-state index contributed by atoms with van der Waals surface area (Å²) in [6.07, 6.45) is 0. The van der Waals surface area contributed by atoms with Gasteiger partial charge < -0.3 is 15.4 Å². The first-order chi connectivity index (χ1) is 16.0. The van der Waals surface area contributed by atoms with E-state index >= 15 is 0 Å². The second kappa shape index (κ2) is 10.0. The van der Waals surface area contributed by atoms with Gasteiger partial charge in [0.15, 0.2) is 0 Å². The summed E-state index contributed by atoms with van der Waals surface area (Å²) in [5.41, 5.74) is 3.11. The molecule has 4 aromatic carbocycles. The van der Waals surface area contributed by atoms with Crippen LogP contribution in [0.1, 0.15) is 34.3 Å². The van der Waals surface area contributed by atoms with Crippen molar-refractivity contribution in [3.63, 3.8) is 0 Å². The molecule has 2 amide bonds. The number of ether oxygens (including phenoxy) is 1. The molecule has 5 nitrogen and oxygen atoms in total. The Morgan fingerprint density at radius 1 is 0.879 bits per heavy atom. The van der Waals surface area contributed by atoms with Crippen molar-refractivity contribution in [1.29, 1.82) is 0 Å². The minimum absolute atomic E-state index is 0.0797. The van der Waals surface area contributed by atoms with Crippen LogP contribution >= 0.6 is 0 Å². The molecule has 4 aromatic rings. The van der Waals surface area contributed by atoms with Gasteiger partial charge in [0, 0.05) is 17.8 Å². The average molecular weight is 439 g/mol. The highest BCUT2D eigenvalue weighted by atomic mass is 16.5. The molecule has 0 heterocycles. The lowest BCUT2D eigenvalue weighted by atomic mass is 9.94. The third kappa shape index (κ3) is 5.21. The molecule has 0 aliphatic heterocycles. The van der Waals surface area contributed by atoms with Gasteiger partial charge in [-0.3, -0.25) is 9.59 Å². The molecule has 1 atom stereocenters. The number of methoxy groups -OCH3 is 1. The van der Waals surface area contributed by atoms with Gasteiger partial charge in [-0.1, -0.05) is 60.7 Å². The van der Waals surface area contributed by atoms with Crippen LogP contribution in [0.5, 0.6) is 5.75 Å². The maximum Gasteiger partial charge on any atom is 0.251 e. The molecular formula is C28H26N2O3. The van der Waals surface area contributed by atoms with E-state index in [9.17, 15) is 9.59 Å². The summed E-state index contributed by atoms with van der Waals surface area (Å²) >= 11 is 0. The number of hydrogen-bond donors (Lipinski definition) is 2. The summed E-state index contributed by atoms with van der Waals surface area (Å²) < 4.78 is 5.18.